The number of rotatable bonds is 7. The molecule has 3 rings (SSSR count). The minimum atomic E-state index is -0.799. The van der Waals surface area contributed by atoms with Crippen molar-refractivity contribution < 1.29 is 28.7 Å². The third-order valence-electron chi connectivity index (χ3n) is 5.03. The van der Waals surface area contributed by atoms with Crippen LogP contribution in [-0.2, 0) is 11.3 Å². The summed E-state index contributed by atoms with van der Waals surface area (Å²) in [4.78, 5) is 24.9. The van der Waals surface area contributed by atoms with Crippen molar-refractivity contribution in [1.29, 1.82) is 0 Å². The van der Waals surface area contributed by atoms with Gasteiger partial charge in [0, 0.05) is 24.6 Å². The second-order valence-corrected chi connectivity index (χ2v) is 7.20. The van der Waals surface area contributed by atoms with Crippen LogP contribution in [0.2, 0.25) is 0 Å². The van der Waals surface area contributed by atoms with E-state index in [1.807, 2.05) is 0 Å². The summed E-state index contributed by atoms with van der Waals surface area (Å²) in [6.45, 7) is 5.33. The Morgan fingerprint density at radius 3 is 2.61 bits per heavy atom. The first-order valence-electron chi connectivity index (χ1n) is 9.60. The molecule has 9 heteroatoms. The molecule has 3 aromatic rings. The van der Waals surface area contributed by atoms with E-state index in [9.17, 15) is 19.8 Å². The molecular weight excluding hydrogens is 404 g/mol. The van der Waals surface area contributed by atoms with E-state index >= 15 is 0 Å². The third kappa shape index (κ3) is 4.71. The molecule has 1 atom stereocenters. The van der Waals surface area contributed by atoms with Crippen LogP contribution in [0.25, 0.3) is 0 Å². The molecule has 0 aliphatic heterocycles. The Bertz CT molecular complexity index is 1140. The fourth-order valence-corrected chi connectivity index (χ4v) is 3.33. The maximum absolute atomic E-state index is 12.8. The van der Waals surface area contributed by atoms with Crippen LogP contribution in [0.15, 0.2) is 38.0 Å². The number of aromatic hydroxyl groups is 2. The number of carbonyl (C=O) groups excluding carboxylic acids is 1. The fourth-order valence-electron chi connectivity index (χ4n) is 3.33. The van der Waals surface area contributed by atoms with Crippen molar-refractivity contribution in [2.24, 2.45) is 0 Å². The minimum Gasteiger partial charge on any atom is -0.504 e. The Balaban J connectivity index is 1.95. The second-order valence-electron chi connectivity index (χ2n) is 7.20. The summed E-state index contributed by atoms with van der Waals surface area (Å²) in [6.07, 6.45) is -0.128. The molecule has 1 amide bonds. The maximum Gasteiger partial charge on any atom is 0.227 e. The van der Waals surface area contributed by atoms with E-state index in [0.29, 0.717) is 22.8 Å². The summed E-state index contributed by atoms with van der Waals surface area (Å²) in [5.74, 6) is -0.737. The summed E-state index contributed by atoms with van der Waals surface area (Å²) in [5.41, 5.74) is 1.37. The maximum atomic E-state index is 12.8. The average Bonchev–Trinajstić information content (AvgIpc) is 3.05. The quantitative estimate of drug-likeness (QED) is 0.523. The highest BCUT2D eigenvalue weighted by Gasteiger charge is 2.27. The molecule has 9 nitrogen and oxygen atoms in total. The average molecular weight is 428 g/mol. The van der Waals surface area contributed by atoms with Crippen LogP contribution >= 0.6 is 0 Å². The lowest BCUT2D eigenvalue weighted by Gasteiger charge is -2.19. The molecule has 0 fully saturated rings. The molecule has 2 heterocycles. The standard InChI is InChI=1S/C22H24N2O7/c1-11-7-18(26)21(28)22(30-11)15(14-5-6-17(25)19(8-14)29-4)9-20(27)23-10-16-12(2)24-31-13(16)3/h5-8,15,25,28H,9-10H2,1-4H3,(H,23,27). The van der Waals surface area contributed by atoms with Gasteiger partial charge in [-0.3, -0.25) is 9.59 Å². The van der Waals surface area contributed by atoms with Crippen LogP contribution in [0.3, 0.4) is 0 Å². The molecule has 0 saturated carbocycles. The molecule has 3 N–H and O–H groups in total. The van der Waals surface area contributed by atoms with E-state index < -0.39 is 17.1 Å². The van der Waals surface area contributed by atoms with Gasteiger partial charge in [0.2, 0.25) is 17.1 Å². The molecule has 1 aromatic carbocycles. The molecule has 0 saturated heterocycles. The van der Waals surface area contributed by atoms with Gasteiger partial charge in [-0.2, -0.15) is 0 Å². The van der Waals surface area contributed by atoms with Gasteiger partial charge < -0.3 is 29.2 Å². The van der Waals surface area contributed by atoms with Crippen molar-refractivity contribution in [3.8, 4) is 17.2 Å². The van der Waals surface area contributed by atoms with E-state index in [4.69, 9.17) is 13.7 Å². The number of phenols is 1. The lowest BCUT2D eigenvalue weighted by molar-refractivity contribution is -0.121. The van der Waals surface area contributed by atoms with Gasteiger partial charge in [-0.05, 0) is 38.5 Å². The molecule has 0 aliphatic carbocycles. The summed E-state index contributed by atoms with van der Waals surface area (Å²) in [7, 11) is 1.40. The zero-order valence-corrected chi connectivity index (χ0v) is 17.7. The number of aryl methyl sites for hydroxylation is 3. The summed E-state index contributed by atoms with van der Waals surface area (Å²) in [5, 5.41) is 26.9. The molecule has 2 aromatic heterocycles. The number of hydrogen-bond donors (Lipinski definition) is 3. The normalized spacial score (nSPS) is 11.9. The number of ether oxygens (including phenoxy) is 1. The van der Waals surface area contributed by atoms with Gasteiger partial charge in [-0.1, -0.05) is 11.2 Å². The number of hydrogen-bond acceptors (Lipinski definition) is 8. The summed E-state index contributed by atoms with van der Waals surface area (Å²) < 4.78 is 15.9. The number of aromatic nitrogens is 1. The number of carbonyl (C=O) groups is 1. The predicted octanol–water partition coefficient (Wildman–Crippen LogP) is 2.81. The van der Waals surface area contributed by atoms with Crippen molar-refractivity contribution in [2.75, 3.05) is 7.11 Å². The van der Waals surface area contributed by atoms with Gasteiger partial charge in [0.05, 0.1) is 18.7 Å². The fraction of sp³-hybridized carbons (Fsp3) is 0.318. The number of phenolic OH excluding ortho intramolecular Hbond substituents is 1. The van der Waals surface area contributed by atoms with Gasteiger partial charge in [-0.15, -0.1) is 0 Å². The van der Waals surface area contributed by atoms with Crippen LogP contribution in [0.5, 0.6) is 17.2 Å². The minimum absolute atomic E-state index is 0.0368. The number of nitrogens with zero attached hydrogens (tertiary/aromatic N) is 1. The van der Waals surface area contributed by atoms with Crippen molar-refractivity contribution in [3.63, 3.8) is 0 Å². The molecule has 0 spiro atoms. The van der Waals surface area contributed by atoms with Gasteiger partial charge in [-0.25, -0.2) is 0 Å². The van der Waals surface area contributed by atoms with Crippen molar-refractivity contribution >= 4 is 5.91 Å². The Kier molecular flexibility index (Phi) is 6.33. The van der Waals surface area contributed by atoms with Gasteiger partial charge >= 0.3 is 0 Å². The first-order valence-corrected chi connectivity index (χ1v) is 9.60. The zero-order chi connectivity index (χ0) is 22.7. The van der Waals surface area contributed by atoms with Crippen molar-refractivity contribution in [3.05, 3.63) is 68.6 Å². The van der Waals surface area contributed by atoms with Gasteiger partial charge in [0.1, 0.15) is 11.5 Å². The van der Waals surface area contributed by atoms with Crippen molar-refractivity contribution in [1.82, 2.24) is 10.5 Å². The molecule has 31 heavy (non-hydrogen) atoms. The number of benzene rings is 1. The monoisotopic (exact) mass is 428 g/mol. The SMILES string of the molecule is COc1cc(C(CC(=O)NCc2c(C)noc2C)c2oc(C)cc(=O)c2O)ccc1O. The smallest absolute Gasteiger partial charge is 0.227 e. The van der Waals surface area contributed by atoms with Crippen LogP contribution in [0.4, 0.5) is 0 Å². The topological polar surface area (TPSA) is 135 Å². The van der Waals surface area contributed by atoms with Gasteiger partial charge in [0.15, 0.2) is 17.3 Å². The van der Waals surface area contributed by atoms with Crippen LogP contribution in [0, 0.1) is 20.8 Å². The molecule has 0 bridgehead atoms. The van der Waals surface area contributed by atoms with E-state index in [-0.39, 0.29) is 36.1 Å². The Labute approximate surface area is 178 Å². The van der Waals surface area contributed by atoms with E-state index in [1.54, 1.807) is 26.8 Å². The first kappa shape index (κ1) is 21.9. The van der Waals surface area contributed by atoms with E-state index in [2.05, 4.69) is 10.5 Å². The predicted molar refractivity (Wildman–Crippen MR) is 110 cm³/mol. The lowest BCUT2D eigenvalue weighted by atomic mass is 9.91. The van der Waals surface area contributed by atoms with Crippen LogP contribution < -0.4 is 15.5 Å². The highest BCUT2D eigenvalue weighted by molar-refractivity contribution is 5.77. The largest absolute Gasteiger partial charge is 0.504 e. The van der Waals surface area contributed by atoms with Crippen LogP contribution in [-0.4, -0.2) is 28.4 Å². The lowest BCUT2D eigenvalue weighted by Crippen LogP contribution is -2.25. The highest BCUT2D eigenvalue weighted by Crippen LogP contribution is 2.37. The molecule has 1 unspecified atom stereocenters. The first-order chi connectivity index (χ1) is 14.7. The molecule has 164 valence electrons. The number of amides is 1. The Morgan fingerprint density at radius 2 is 1.97 bits per heavy atom. The number of methoxy groups -OCH3 is 1. The zero-order valence-electron chi connectivity index (χ0n) is 17.7. The second kappa shape index (κ2) is 8.95. The Hall–Kier alpha value is -3.75. The van der Waals surface area contributed by atoms with Crippen LogP contribution in [0.1, 0.15) is 46.4 Å². The van der Waals surface area contributed by atoms with Crippen molar-refractivity contribution in [2.45, 2.75) is 39.7 Å². The van der Waals surface area contributed by atoms with Gasteiger partial charge in [0.25, 0.3) is 0 Å². The summed E-state index contributed by atoms with van der Waals surface area (Å²) in [6, 6.07) is 5.69. The summed E-state index contributed by atoms with van der Waals surface area (Å²) >= 11 is 0. The molecule has 0 radical (unpaired) electrons. The molecule has 0 aliphatic rings. The Morgan fingerprint density at radius 1 is 1.23 bits per heavy atom. The number of nitrogens with one attached hydrogen (secondary N) is 1. The third-order valence-corrected chi connectivity index (χ3v) is 5.03. The van der Waals surface area contributed by atoms with E-state index in [1.165, 1.54) is 25.3 Å². The highest BCUT2D eigenvalue weighted by atomic mass is 16.5. The van der Waals surface area contributed by atoms with E-state index in [0.717, 1.165) is 5.56 Å². The molecular formula is C22H24N2O7.